The van der Waals surface area contributed by atoms with Crippen molar-refractivity contribution < 1.29 is 9.84 Å². The van der Waals surface area contributed by atoms with Crippen LogP contribution in [0.4, 0.5) is 0 Å². The lowest BCUT2D eigenvalue weighted by molar-refractivity contribution is -0.0332. The van der Waals surface area contributed by atoms with Gasteiger partial charge < -0.3 is 14.7 Å². The van der Waals surface area contributed by atoms with E-state index in [9.17, 15) is 5.11 Å². The van der Waals surface area contributed by atoms with Crippen LogP contribution in [0.25, 0.3) is 0 Å². The van der Waals surface area contributed by atoms with E-state index >= 15 is 0 Å². The SMILES string of the molecule is OCC1(CN2CCCSCC2)CCOCC1. The van der Waals surface area contributed by atoms with Gasteiger partial charge in [0.05, 0.1) is 6.61 Å². The third kappa shape index (κ3) is 3.36. The van der Waals surface area contributed by atoms with Crippen molar-refractivity contribution in [1.29, 1.82) is 0 Å². The van der Waals surface area contributed by atoms with E-state index in [0.29, 0.717) is 6.61 Å². The van der Waals surface area contributed by atoms with Crippen molar-refractivity contribution in [2.45, 2.75) is 19.3 Å². The molecule has 2 saturated heterocycles. The van der Waals surface area contributed by atoms with Gasteiger partial charge in [-0.25, -0.2) is 0 Å². The zero-order valence-electron chi connectivity index (χ0n) is 9.99. The third-order valence-corrected chi connectivity index (χ3v) is 4.81. The molecule has 0 aliphatic carbocycles. The van der Waals surface area contributed by atoms with Crippen LogP contribution >= 0.6 is 11.8 Å². The number of thioether (sulfide) groups is 1. The van der Waals surface area contributed by atoms with E-state index < -0.39 is 0 Å². The molecular formula is C12H23NO2S. The van der Waals surface area contributed by atoms with Crippen molar-refractivity contribution in [3.8, 4) is 0 Å². The van der Waals surface area contributed by atoms with Crippen LogP contribution in [0, 0.1) is 5.41 Å². The van der Waals surface area contributed by atoms with Gasteiger partial charge in [0, 0.05) is 37.5 Å². The molecule has 1 N–H and O–H groups in total. The Hall–Kier alpha value is 0.230. The molecule has 2 rings (SSSR count). The van der Waals surface area contributed by atoms with Gasteiger partial charge in [-0.2, -0.15) is 11.8 Å². The molecule has 3 nitrogen and oxygen atoms in total. The smallest absolute Gasteiger partial charge is 0.0501 e. The van der Waals surface area contributed by atoms with Gasteiger partial charge in [-0.15, -0.1) is 0 Å². The molecular weight excluding hydrogens is 222 g/mol. The lowest BCUT2D eigenvalue weighted by Gasteiger charge is -2.39. The fourth-order valence-corrected chi connectivity index (χ4v) is 3.53. The number of hydrogen-bond donors (Lipinski definition) is 1. The second-order valence-corrected chi connectivity index (χ2v) is 6.24. The van der Waals surface area contributed by atoms with Gasteiger partial charge in [0.15, 0.2) is 0 Å². The van der Waals surface area contributed by atoms with Gasteiger partial charge >= 0.3 is 0 Å². The molecule has 94 valence electrons. The summed E-state index contributed by atoms with van der Waals surface area (Å²) in [4.78, 5) is 2.54. The molecule has 2 fully saturated rings. The lowest BCUT2D eigenvalue weighted by atomic mass is 9.80. The van der Waals surface area contributed by atoms with Crippen molar-refractivity contribution in [1.82, 2.24) is 4.90 Å². The number of nitrogens with zero attached hydrogens (tertiary/aromatic N) is 1. The summed E-state index contributed by atoms with van der Waals surface area (Å²) in [5.74, 6) is 2.55. The average molecular weight is 245 g/mol. The van der Waals surface area contributed by atoms with Crippen molar-refractivity contribution in [2.75, 3.05) is 51.0 Å². The van der Waals surface area contributed by atoms with Crippen LogP contribution in [0.5, 0.6) is 0 Å². The van der Waals surface area contributed by atoms with Crippen LogP contribution in [0.15, 0.2) is 0 Å². The zero-order valence-corrected chi connectivity index (χ0v) is 10.8. The van der Waals surface area contributed by atoms with Gasteiger partial charge in [0.2, 0.25) is 0 Å². The Morgan fingerprint density at radius 3 is 2.75 bits per heavy atom. The number of hydrogen-bond acceptors (Lipinski definition) is 4. The Labute approximate surface area is 103 Å². The number of aliphatic hydroxyl groups is 1. The number of ether oxygens (including phenoxy) is 1. The maximum atomic E-state index is 9.66. The highest BCUT2D eigenvalue weighted by Crippen LogP contribution is 2.31. The average Bonchev–Trinajstić information content (AvgIpc) is 2.59. The van der Waals surface area contributed by atoms with Gasteiger partial charge in [-0.1, -0.05) is 0 Å². The van der Waals surface area contributed by atoms with Crippen molar-refractivity contribution in [3.05, 3.63) is 0 Å². The highest BCUT2D eigenvalue weighted by atomic mass is 32.2. The van der Waals surface area contributed by atoms with E-state index in [0.717, 1.165) is 32.6 Å². The summed E-state index contributed by atoms with van der Waals surface area (Å²) in [5, 5.41) is 9.66. The minimum Gasteiger partial charge on any atom is -0.396 e. The van der Waals surface area contributed by atoms with E-state index in [1.54, 1.807) is 0 Å². The molecule has 2 aliphatic rings. The second-order valence-electron chi connectivity index (χ2n) is 5.01. The standard InChI is InChI=1S/C12H23NO2S/c14-11-12(2-6-15-7-3-12)10-13-4-1-8-16-9-5-13/h14H,1-11H2. The quantitative estimate of drug-likeness (QED) is 0.810. The molecule has 0 spiro atoms. The predicted octanol–water partition coefficient (Wildman–Crippen LogP) is 1.21. The Balaban J connectivity index is 1.88. The first kappa shape index (κ1) is 12.7. The molecule has 0 radical (unpaired) electrons. The van der Waals surface area contributed by atoms with E-state index in [2.05, 4.69) is 16.7 Å². The van der Waals surface area contributed by atoms with Crippen LogP contribution < -0.4 is 0 Å². The van der Waals surface area contributed by atoms with E-state index in [4.69, 9.17) is 4.74 Å². The fraction of sp³-hybridized carbons (Fsp3) is 1.00. The molecule has 0 bridgehead atoms. The topological polar surface area (TPSA) is 32.7 Å². The molecule has 0 aromatic heterocycles. The zero-order chi connectivity index (χ0) is 11.3. The van der Waals surface area contributed by atoms with Crippen LogP contribution in [0.3, 0.4) is 0 Å². The van der Waals surface area contributed by atoms with Crippen molar-refractivity contribution >= 4 is 11.8 Å². The highest BCUT2D eigenvalue weighted by molar-refractivity contribution is 7.99. The summed E-state index contributed by atoms with van der Waals surface area (Å²) in [6.45, 7) is 5.42. The van der Waals surface area contributed by atoms with Crippen molar-refractivity contribution in [2.24, 2.45) is 5.41 Å². The summed E-state index contributed by atoms with van der Waals surface area (Å²) in [5.41, 5.74) is 0.118. The molecule has 2 aliphatic heterocycles. The maximum Gasteiger partial charge on any atom is 0.0501 e. The molecule has 0 amide bonds. The Morgan fingerprint density at radius 2 is 2.00 bits per heavy atom. The monoisotopic (exact) mass is 245 g/mol. The molecule has 0 aromatic carbocycles. The summed E-state index contributed by atoms with van der Waals surface area (Å²) in [6, 6.07) is 0. The van der Waals surface area contributed by atoms with E-state index in [1.807, 2.05) is 0 Å². The van der Waals surface area contributed by atoms with Crippen LogP contribution in [0.2, 0.25) is 0 Å². The molecule has 0 saturated carbocycles. The minimum atomic E-state index is 0.118. The van der Waals surface area contributed by atoms with Crippen LogP contribution in [-0.2, 0) is 4.74 Å². The highest BCUT2D eigenvalue weighted by Gasteiger charge is 2.33. The molecule has 2 heterocycles. The molecule has 16 heavy (non-hydrogen) atoms. The molecule has 0 aromatic rings. The molecule has 0 atom stereocenters. The van der Waals surface area contributed by atoms with Gasteiger partial charge in [-0.05, 0) is 31.6 Å². The largest absolute Gasteiger partial charge is 0.396 e. The van der Waals surface area contributed by atoms with Gasteiger partial charge in [0.25, 0.3) is 0 Å². The molecule has 0 unspecified atom stereocenters. The molecule has 4 heteroatoms. The van der Waals surface area contributed by atoms with Gasteiger partial charge in [0.1, 0.15) is 0 Å². The van der Waals surface area contributed by atoms with Crippen LogP contribution in [-0.4, -0.2) is 61.0 Å². The Morgan fingerprint density at radius 1 is 1.19 bits per heavy atom. The second kappa shape index (κ2) is 6.24. The van der Waals surface area contributed by atoms with Crippen LogP contribution in [0.1, 0.15) is 19.3 Å². The third-order valence-electron chi connectivity index (χ3n) is 3.76. The number of aliphatic hydroxyl groups excluding tert-OH is 1. The minimum absolute atomic E-state index is 0.118. The summed E-state index contributed by atoms with van der Waals surface area (Å²) >= 11 is 2.06. The summed E-state index contributed by atoms with van der Waals surface area (Å²) in [7, 11) is 0. The first-order chi connectivity index (χ1) is 7.85. The number of rotatable bonds is 3. The fourth-order valence-electron chi connectivity index (χ4n) is 2.60. The normalized spacial score (nSPS) is 27.6. The predicted molar refractivity (Wildman–Crippen MR) is 68.0 cm³/mol. The maximum absolute atomic E-state index is 9.66. The lowest BCUT2D eigenvalue weighted by Crippen LogP contribution is -2.44. The summed E-state index contributed by atoms with van der Waals surface area (Å²) in [6.07, 6.45) is 3.34. The van der Waals surface area contributed by atoms with Crippen molar-refractivity contribution in [3.63, 3.8) is 0 Å². The van der Waals surface area contributed by atoms with E-state index in [1.165, 1.54) is 31.0 Å². The first-order valence-electron chi connectivity index (χ1n) is 6.33. The van der Waals surface area contributed by atoms with E-state index in [-0.39, 0.29) is 5.41 Å². The summed E-state index contributed by atoms with van der Waals surface area (Å²) < 4.78 is 5.41. The van der Waals surface area contributed by atoms with Gasteiger partial charge in [-0.3, -0.25) is 0 Å². The first-order valence-corrected chi connectivity index (χ1v) is 7.49. The Bertz CT molecular complexity index is 199. The Kier molecular flexibility index (Phi) is 4.95.